The molecule has 1 aliphatic rings. The molecule has 34 heavy (non-hydrogen) atoms. The molecule has 8 heteroatoms. The number of benzene rings is 2. The predicted molar refractivity (Wildman–Crippen MR) is 126 cm³/mol. The lowest BCUT2D eigenvalue weighted by atomic mass is 10.1. The fraction of sp³-hybridized carbons (Fsp3) is 0.308. The SMILES string of the molecule is CC(O)C(NC(=O)c1ccc(C#CC#Cc2ccc(CN3CCOCC3)cc2)cc1)C(=O)NO. The highest BCUT2D eigenvalue weighted by atomic mass is 16.5. The van der Waals surface area contributed by atoms with E-state index < -0.39 is 24.0 Å². The number of amides is 2. The number of ether oxygens (including phenoxy) is 1. The van der Waals surface area contributed by atoms with Crippen molar-refractivity contribution in [1.29, 1.82) is 0 Å². The van der Waals surface area contributed by atoms with E-state index in [4.69, 9.17) is 9.94 Å². The Balaban J connectivity index is 1.55. The minimum absolute atomic E-state index is 0.283. The highest BCUT2D eigenvalue weighted by Crippen LogP contribution is 2.09. The summed E-state index contributed by atoms with van der Waals surface area (Å²) in [6.45, 7) is 5.70. The van der Waals surface area contributed by atoms with E-state index in [0.717, 1.165) is 38.4 Å². The van der Waals surface area contributed by atoms with Gasteiger partial charge in [-0.15, -0.1) is 0 Å². The maximum Gasteiger partial charge on any atom is 0.268 e. The molecule has 0 aromatic heterocycles. The van der Waals surface area contributed by atoms with E-state index in [-0.39, 0.29) is 5.56 Å². The van der Waals surface area contributed by atoms with E-state index in [2.05, 4.69) is 46.0 Å². The molecule has 2 amide bonds. The Morgan fingerprint density at radius 1 is 1.00 bits per heavy atom. The van der Waals surface area contributed by atoms with Crippen LogP contribution in [-0.4, -0.2) is 65.5 Å². The molecule has 0 bridgehead atoms. The molecule has 8 nitrogen and oxygen atoms in total. The van der Waals surface area contributed by atoms with Gasteiger partial charge in [0, 0.05) is 36.3 Å². The lowest BCUT2D eigenvalue weighted by Gasteiger charge is -2.26. The van der Waals surface area contributed by atoms with Crippen LogP contribution in [0.2, 0.25) is 0 Å². The number of aliphatic hydroxyl groups is 1. The van der Waals surface area contributed by atoms with Gasteiger partial charge in [0.1, 0.15) is 6.04 Å². The van der Waals surface area contributed by atoms with Crippen molar-refractivity contribution in [1.82, 2.24) is 15.7 Å². The van der Waals surface area contributed by atoms with Crippen molar-refractivity contribution in [3.63, 3.8) is 0 Å². The van der Waals surface area contributed by atoms with E-state index in [1.165, 1.54) is 18.0 Å². The summed E-state index contributed by atoms with van der Waals surface area (Å²) in [5, 5.41) is 20.7. The van der Waals surface area contributed by atoms with Gasteiger partial charge in [-0.05, 0) is 60.7 Å². The first-order valence-electron chi connectivity index (χ1n) is 10.9. The van der Waals surface area contributed by atoms with Crippen molar-refractivity contribution in [2.75, 3.05) is 26.3 Å². The Morgan fingerprint density at radius 2 is 1.56 bits per heavy atom. The second-order valence-electron chi connectivity index (χ2n) is 7.83. The highest BCUT2D eigenvalue weighted by molar-refractivity contribution is 5.97. The van der Waals surface area contributed by atoms with Crippen LogP contribution in [0, 0.1) is 23.7 Å². The number of nitrogens with one attached hydrogen (secondary N) is 2. The molecule has 3 rings (SSSR count). The van der Waals surface area contributed by atoms with Crippen LogP contribution in [0.3, 0.4) is 0 Å². The maximum atomic E-state index is 12.3. The molecule has 0 saturated carbocycles. The number of rotatable bonds is 6. The molecule has 4 N–H and O–H groups in total. The van der Waals surface area contributed by atoms with Gasteiger partial charge < -0.3 is 15.2 Å². The van der Waals surface area contributed by atoms with Crippen molar-refractivity contribution in [3.05, 3.63) is 70.8 Å². The van der Waals surface area contributed by atoms with E-state index in [9.17, 15) is 14.7 Å². The van der Waals surface area contributed by atoms with Gasteiger partial charge in [0.2, 0.25) is 0 Å². The minimum Gasteiger partial charge on any atom is -0.391 e. The van der Waals surface area contributed by atoms with Crippen molar-refractivity contribution in [2.24, 2.45) is 0 Å². The molecule has 2 unspecified atom stereocenters. The molecule has 0 radical (unpaired) electrons. The van der Waals surface area contributed by atoms with E-state index in [0.29, 0.717) is 5.56 Å². The van der Waals surface area contributed by atoms with Crippen LogP contribution in [-0.2, 0) is 16.1 Å². The van der Waals surface area contributed by atoms with Crippen LogP contribution in [0.1, 0.15) is 34.0 Å². The van der Waals surface area contributed by atoms with Crippen LogP contribution in [0.25, 0.3) is 0 Å². The number of nitrogens with zero attached hydrogens (tertiary/aromatic N) is 1. The van der Waals surface area contributed by atoms with Crippen molar-refractivity contribution in [3.8, 4) is 23.7 Å². The molecule has 1 heterocycles. The largest absolute Gasteiger partial charge is 0.391 e. The summed E-state index contributed by atoms with van der Waals surface area (Å²) in [5.41, 5.74) is 4.49. The van der Waals surface area contributed by atoms with Gasteiger partial charge in [-0.2, -0.15) is 0 Å². The van der Waals surface area contributed by atoms with Gasteiger partial charge in [-0.3, -0.25) is 19.7 Å². The summed E-state index contributed by atoms with van der Waals surface area (Å²) in [7, 11) is 0. The van der Waals surface area contributed by atoms with Gasteiger partial charge in [0.25, 0.3) is 11.8 Å². The minimum atomic E-state index is -1.28. The van der Waals surface area contributed by atoms with E-state index >= 15 is 0 Å². The number of hydroxylamine groups is 1. The van der Waals surface area contributed by atoms with Crippen LogP contribution in [0.5, 0.6) is 0 Å². The van der Waals surface area contributed by atoms with Gasteiger partial charge in [-0.25, -0.2) is 5.48 Å². The van der Waals surface area contributed by atoms with Gasteiger partial charge >= 0.3 is 0 Å². The summed E-state index contributed by atoms with van der Waals surface area (Å²) in [6.07, 6.45) is -1.18. The molecular formula is C26H27N3O5. The Morgan fingerprint density at radius 3 is 2.09 bits per heavy atom. The average molecular weight is 462 g/mol. The Kier molecular flexibility index (Phi) is 9.21. The Labute approximate surface area is 198 Å². The first kappa shape index (κ1) is 25.0. The molecule has 2 atom stereocenters. The first-order valence-corrected chi connectivity index (χ1v) is 10.9. The highest BCUT2D eigenvalue weighted by Gasteiger charge is 2.25. The molecular weight excluding hydrogens is 434 g/mol. The van der Waals surface area contributed by atoms with Crippen LogP contribution in [0.15, 0.2) is 48.5 Å². The molecule has 1 fully saturated rings. The van der Waals surface area contributed by atoms with Crippen molar-refractivity contribution in [2.45, 2.75) is 25.6 Å². The Bertz CT molecular complexity index is 1100. The number of hydrogen-bond donors (Lipinski definition) is 4. The molecule has 0 aliphatic carbocycles. The van der Waals surface area contributed by atoms with Gasteiger partial charge in [0.05, 0.1) is 19.3 Å². The second kappa shape index (κ2) is 12.5. The lowest BCUT2D eigenvalue weighted by molar-refractivity contribution is -0.133. The molecule has 176 valence electrons. The van der Waals surface area contributed by atoms with Crippen LogP contribution >= 0.6 is 0 Å². The van der Waals surface area contributed by atoms with E-state index in [1.807, 2.05) is 12.1 Å². The number of hydrogen-bond acceptors (Lipinski definition) is 6. The average Bonchev–Trinajstić information content (AvgIpc) is 2.86. The zero-order valence-corrected chi connectivity index (χ0v) is 18.9. The summed E-state index contributed by atoms with van der Waals surface area (Å²) in [5.74, 6) is 10.1. The zero-order chi connectivity index (χ0) is 24.3. The molecule has 2 aromatic rings. The quantitative estimate of drug-likeness (QED) is 0.289. The standard InChI is InChI=1S/C26H27N3O5/c1-19(30)24(26(32)28-33)27-25(31)23-12-10-21(11-13-23)5-3-2-4-20-6-8-22(9-7-20)18-29-14-16-34-17-15-29/h6-13,19,24,30,33H,14-18H2,1H3,(H,27,31)(H,28,32). The third-order valence-electron chi connectivity index (χ3n) is 5.25. The zero-order valence-electron chi connectivity index (χ0n) is 18.9. The fourth-order valence-corrected chi connectivity index (χ4v) is 3.32. The molecule has 2 aromatic carbocycles. The topological polar surface area (TPSA) is 111 Å². The third-order valence-corrected chi connectivity index (χ3v) is 5.25. The molecule has 0 spiro atoms. The Hall–Kier alpha value is -3.66. The normalized spacial score (nSPS) is 15.0. The van der Waals surface area contributed by atoms with Crippen molar-refractivity contribution < 1.29 is 24.6 Å². The number of carbonyl (C=O) groups is 2. The summed E-state index contributed by atoms with van der Waals surface area (Å²) in [6, 6.07) is 13.3. The predicted octanol–water partition coefficient (Wildman–Crippen LogP) is 0.907. The molecule has 1 saturated heterocycles. The summed E-state index contributed by atoms with van der Waals surface area (Å²) >= 11 is 0. The smallest absolute Gasteiger partial charge is 0.268 e. The summed E-state index contributed by atoms with van der Waals surface area (Å²) in [4.78, 5) is 26.2. The monoisotopic (exact) mass is 461 g/mol. The van der Waals surface area contributed by atoms with Gasteiger partial charge in [-0.1, -0.05) is 24.0 Å². The number of carbonyl (C=O) groups excluding carboxylic acids is 2. The maximum absolute atomic E-state index is 12.3. The first-order chi connectivity index (χ1) is 16.5. The molecule has 1 aliphatic heterocycles. The second-order valence-corrected chi connectivity index (χ2v) is 7.83. The lowest BCUT2D eigenvalue weighted by Crippen LogP contribution is -2.51. The van der Waals surface area contributed by atoms with E-state index in [1.54, 1.807) is 24.3 Å². The summed E-state index contributed by atoms with van der Waals surface area (Å²) < 4.78 is 5.37. The van der Waals surface area contributed by atoms with Crippen molar-refractivity contribution >= 4 is 11.8 Å². The third kappa shape index (κ3) is 7.45. The van der Waals surface area contributed by atoms with Crippen LogP contribution < -0.4 is 10.8 Å². The van der Waals surface area contributed by atoms with Gasteiger partial charge in [0.15, 0.2) is 0 Å². The fourth-order valence-electron chi connectivity index (χ4n) is 3.32. The number of aliphatic hydroxyl groups excluding tert-OH is 1. The number of morpholine rings is 1. The van der Waals surface area contributed by atoms with Crippen LogP contribution in [0.4, 0.5) is 0 Å².